The van der Waals surface area contributed by atoms with Crippen LogP contribution in [-0.2, 0) is 10.0 Å². The smallest absolute Gasteiger partial charge is 0.262 e. The molecule has 1 aliphatic heterocycles. The van der Waals surface area contributed by atoms with Crippen molar-refractivity contribution in [2.75, 3.05) is 50.0 Å². The van der Waals surface area contributed by atoms with Crippen molar-refractivity contribution in [3.05, 3.63) is 47.8 Å². The molecule has 6 nitrogen and oxygen atoms in total. The van der Waals surface area contributed by atoms with Gasteiger partial charge in [0.1, 0.15) is 5.75 Å². The number of nitrogens with one attached hydrogen (secondary N) is 1. The van der Waals surface area contributed by atoms with Crippen LogP contribution in [0.25, 0.3) is 0 Å². The summed E-state index contributed by atoms with van der Waals surface area (Å²) in [6, 6.07) is 5.71. The topological polar surface area (TPSA) is 61.9 Å². The summed E-state index contributed by atoms with van der Waals surface area (Å²) >= 11 is 0. The van der Waals surface area contributed by atoms with Gasteiger partial charge in [0.15, 0.2) is 17.5 Å². The first-order valence-electron chi connectivity index (χ1n) is 8.51. The van der Waals surface area contributed by atoms with E-state index in [9.17, 15) is 21.6 Å². The fraction of sp³-hybridized carbons (Fsp3) is 0.333. The third-order valence-electron chi connectivity index (χ3n) is 4.58. The molecule has 1 saturated heterocycles. The average molecular weight is 452 g/mol. The van der Waals surface area contributed by atoms with Crippen LogP contribution in [0.1, 0.15) is 0 Å². The highest BCUT2D eigenvalue weighted by atomic mass is 35.5. The van der Waals surface area contributed by atoms with Crippen LogP contribution in [0.3, 0.4) is 0 Å². The molecule has 3 rings (SSSR count). The molecule has 0 radical (unpaired) electrons. The highest BCUT2D eigenvalue weighted by molar-refractivity contribution is 7.92. The van der Waals surface area contributed by atoms with Crippen LogP contribution in [0, 0.1) is 17.5 Å². The van der Waals surface area contributed by atoms with Crippen molar-refractivity contribution in [3.8, 4) is 5.75 Å². The van der Waals surface area contributed by atoms with Crippen LogP contribution in [0.5, 0.6) is 5.75 Å². The Morgan fingerprint density at radius 2 is 1.66 bits per heavy atom. The normalized spacial score (nSPS) is 15.0. The Balaban J connectivity index is 0.00000300. The molecule has 0 aliphatic carbocycles. The maximum atomic E-state index is 13.9. The summed E-state index contributed by atoms with van der Waals surface area (Å²) in [5.41, 5.74) is -0.0832. The molecule has 1 aliphatic rings. The van der Waals surface area contributed by atoms with Gasteiger partial charge in [-0.25, -0.2) is 21.6 Å². The number of sulfonamides is 1. The van der Waals surface area contributed by atoms with E-state index in [0.717, 1.165) is 19.2 Å². The maximum absolute atomic E-state index is 13.9. The molecule has 0 saturated carbocycles. The monoisotopic (exact) mass is 451 g/mol. The Labute approximate surface area is 173 Å². The molecule has 0 atom stereocenters. The molecule has 1 N–H and O–H groups in total. The van der Waals surface area contributed by atoms with Crippen LogP contribution in [0.4, 0.5) is 24.5 Å². The highest BCUT2D eigenvalue weighted by Gasteiger charge is 2.24. The van der Waals surface area contributed by atoms with E-state index in [1.807, 2.05) is 16.7 Å². The molecule has 0 aromatic heterocycles. The van der Waals surface area contributed by atoms with Crippen molar-refractivity contribution >= 4 is 33.8 Å². The number of hydrogen-bond donors (Lipinski definition) is 1. The lowest BCUT2D eigenvalue weighted by atomic mass is 10.2. The zero-order valence-electron chi connectivity index (χ0n) is 15.8. The molecule has 160 valence electrons. The summed E-state index contributed by atoms with van der Waals surface area (Å²) in [4.78, 5) is 4.00. The third-order valence-corrected chi connectivity index (χ3v) is 5.95. The molecule has 11 heteroatoms. The van der Waals surface area contributed by atoms with Gasteiger partial charge in [-0.1, -0.05) is 0 Å². The largest absolute Gasteiger partial charge is 0.495 e. The molecular formula is C18H21ClF3N3O3S. The van der Waals surface area contributed by atoms with Gasteiger partial charge in [0.05, 0.1) is 23.4 Å². The van der Waals surface area contributed by atoms with Gasteiger partial charge in [-0.05, 0) is 37.4 Å². The molecule has 0 unspecified atom stereocenters. The molecule has 1 heterocycles. The van der Waals surface area contributed by atoms with E-state index in [1.54, 1.807) is 0 Å². The van der Waals surface area contributed by atoms with Crippen LogP contribution in [-0.4, -0.2) is 53.7 Å². The minimum atomic E-state index is -4.23. The second-order valence-electron chi connectivity index (χ2n) is 6.45. The maximum Gasteiger partial charge on any atom is 0.262 e. The van der Waals surface area contributed by atoms with E-state index in [2.05, 4.69) is 4.90 Å². The standard InChI is InChI=1S/C18H20F3N3O3S.ClH/c1-23-7-9-24(10-8-23)15-11-12(3-6-16(15)27-2)28(25,26)22-14-5-4-13(19)17(20)18(14)21;/h3-6,11,22H,7-10H2,1-2H3;1H. The number of nitrogens with zero attached hydrogens (tertiary/aromatic N) is 2. The SMILES string of the molecule is COc1ccc(S(=O)(=O)Nc2ccc(F)c(F)c2F)cc1N1CCN(C)CC1.Cl. The van der Waals surface area contributed by atoms with Crippen LogP contribution in [0.15, 0.2) is 35.2 Å². The second-order valence-corrected chi connectivity index (χ2v) is 8.13. The zero-order valence-corrected chi connectivity index (χ0v) is 17.4. The van der Waals surface area contributed by atoms with Gasteiger partial charge in [0.25, 0.3) is 10.0 Å². The van der Waals surface area contributed by atoms with Gasteiger partial charge in [-0.2, -0.15) is 0 Å². The van der Waals surface area contributed by atoms with E-state index < -0.39 is 33.2 Å². The molecule has 1 fully saturated rings. The molecule has 2 aromatic rings. The predicted molar refractivity (Wildman–Crippen MR) is 107 cm³/mol. The third kappa shape index (κ3) is 4.88. The van der Waals surface area contributed by atoms with Gasteiger partial charge in [0.2, 0.25) is 0 Å². The molecule has 0 spiro atoms. The predicted octanol–water partition coefficient (Wildman–Crippen LogP) is 3.09. The number of hydrogen-bond acceptors (Lipinski definition) is 5. The summed E-state index contributed by atoms with van der Waals surface area (Å²) in [5, 5.41) is 0. The molecule has 0 amide bonds. The van der Waals surface area contributed by atoms with E-state index in [1.165, 1.54) is 25.3 Å². The molecule has 0 bridgehead atoms. The number of methoxy groups -OCH3 is 1. The number of anilines is 2. The quantitative estimate of drug-likeness (QED) is 0.708. The first kappa shape index (κ1) is 23.1. The van der Waals surface area contributed by atoms with Crippen LogP contribution >= 0.6 is 12.4 Å². The number of likely N-dealkylation sites (N-methyl/N-ethyl adjacent to an activating group) is 1. The fourth-order valence-corrected chi connectivity index (χ4v) is 4.02. The van der Waals surface area contributed by atoms with Gasteiger partial charge in [-0.15, -0.1) is 12.4 Å². The fourth-order valence-electron chi connectivity index (χ4n) is 2.94. The van der Waals surface area contributed by atoms with Crippen molar-refractivity contribution in [2.45, 2.75) is 4.90 Å². The lowest BCUT2D eigenvalue weighted by molar-refractivity contribution is 0.311. The van der Waals surface area contributed by atoms with Crippen molar-refractivity contribution in [1.82, 2.24) is 4.90 Å². The zero-order chi connectivity index (χ0) is 20.5. The average Bonchev–Trinajstić information content (AvgIpc) is 2.68. The first-order valence-corrected chi connectivity index (χ1v) is 9.99. The van der Waals surface area contributed by atoms with Gasteiger partial charge in [0, 0.05) is 26.2 Å². The number of benzene rings is 2. The molecule has 2 aromatic carbocycles. The Hall–Kier alpha value is -2.17. The van der Waals surface area contributed by atoms with Gasteiger partial charge >= 0.3 is 0 Å². The van der Waals surface area contributed by atoms with E-state index in [0.29, 0.717) is 30.6 Å². The van der Waals surface area contributed by atoms with Crippen LogP contribution < -0.4 is 14.4 Å². The summed E-state index contributed by atoms with van der Waals surface area (Å²) in [7, 11) is -0.754. The van der Waals surface area contributed by atoms with Crippen molar-refractivity contribution < 1.29 is 26.3 Å². The highest BCUT2D eigenvalue weighted by Crippen LogP contribution is 2.32. The van der Waals surface area contributed by atoms with E-state index in [-0.39, 0.29) is 17.3 Å². The molecular weight excluding hydrogens is 431 g/mol. The summed E-state index contributed by atoms with van der Waals surface area (Å²) in [6.07, 6.45) is 0. The summed E-state index contributed by atoms with van der Waals surface area (Å²) in [5.74, 6) is -4.24. The Morgan fingerprint density at radius 3 is 2.28 bits per heavy atom. The lowest BCUT2D eigenvalue weighted by Crippen LogP contribution is -2.44. The number of ether oxygens (including phenoxy) is 1. The first-order chi connectivity index (χ1) is 13.2. The van der Waals surface area contributed by atoms with E-state index >= 15 is 0 Å². The second kappa shape index (κ2) is 9.10. The molecule has 29 heavy (non-hydrogen) atoms. The number of rotatable bonds is 5. The number of halogens is 4. The Bertz CT molecular complexity index is 984. The van der Waals surface area contributed by atoms with Gasteiger partial charge < -0.3 is 14.5 Å². The number of piperazine rings is 1. The van der Waals surface area contributed by atoms with Crippen molar-refractivity contribution in [2.24, 2.45) is 0 Å². The van der Waals surface area contributed by atoms with E-state index in [4.69, 9.17) is 4.74 Å². The van der Waals surface area contributed by atoms with Gasteiger partial charge in [-0.3, -0.25) is 4.72 Å². The Kier molecular flexibility index (Phi) is 7.25. The lowest BCUT2D eigenvalue weighted by Gasteiger charge is -2.34. The van der Waals surface area contributed by atoms with Crippen LogP contribution in [0.2, 0.25) is 0 Å². The Morgan fingerprint density at radius 1 is 1.00 bits per heavy atom. The van der Waals surface area contributed by atoms with Crippen molar-refractivity contribution in [3.63, 3.8) is 0 Å². The summed E-state index contributed by atoms with van der Waals surface area (Å²) < 4.78 is 73.0. The minimum absolute atomic E-state index is 0. The summed E-state index contributed by atoms with van der Waals surface area (Å²) in [6.45, 7) is 2.97. The minimum Gasteiger partial charge on any atom is -0.495 e. The van der Waals surface area contributed by atoms with Crippen molar-refractivity contribution in [1.29, 1.82) is 0 Å².